The van der Waals surface area contributed by atoms with E-state index in [2.05, 4.69) is 5.32 Å². The molecule has 6 N–H and O–H groups in total. The van der Waals surface area contributed by atoms with Gasteiger partial charge >= 0.3 is 6.03 Å². The molecule has 0 radical (unpaired) electrons. The summed E-state index contributed by atoms with van der Waals surface area (Å²) in [5.74, 6) is 0. The SMILES string of the molecule is NCC(NC(N)=O)C(O)I. The molecule has 60 valence electrons. The summed E-state index contributed by atoms with van der Waals surface area (Å²) in [7, 11) is 0. The second-order valence-corrected chi connectivity index (χ2v) is 3.00. The molecular weight excluding hydrogens is 249 g/mol. The van der Waals surface area contributed by atoms with E-state index in [1.807, 2.05) is 0 Å². The fourth-order valence-electron chi connectivity index (χ4n) is 0.423. The van der Waals surface area contributed by atoms with Gasteiger partial charge < -0.3 is 21.9 Å². The van der Waals surface area contributed by atoms with Gasteiger partial charge in [0, 0.05) is 6.54 Å². The van der Waals surface area contributed by atoms with Gasteiger partial charge in [-0.3, -0.25) is 0 Å². The maximum atomic E-state index is 10.2. The molecule has 0 aromatic carbocycles. The first kappa shape index (κ1) is 9.92. The number of halogens is 1. The summed E-state index contributed by atoms with van der Waals surface area (Å²) in [6.45, 7) is 0.174. The molecule has 0 aromatic heterocycles. The number of urea groups is 1. The monoisotopic (exact) mass is 259 g/mol. The van der Waals surface area contributed by atoms with Crippen molar-refractivity contribution in [3.63, 3.8) is 0 Å². The van der Waals surface area contributed by atoms with E-state index in [0.717, 1.165) is 0 Å². The minimum atomic E-state index is -0.699. The van der Waals surface area contributed by atoms with E-state index in [0.29, 0.717) is 0 Å². The topological polar surface area (TPSA) is 101 Å². The highest BCUT2D eigenvalue weighted by Crippen LogP contribution is 1.99. The van der Waals surface area contributed by atoms with Gasteiger partial charge in [0.2, 0.25) is 0 Å². The highest BCUT2D eigenvalue weighted by atomic mass is 127. The Morgan fingerprint density at radius 3 is 2.40 bits per heavy atom. The van der Waals surface area contributed by atoms with E-state index in [-0.39, 0.29) is 6.54 Å². The van der Waals surface area contributed by atoms with Crippen molar-refractivity contribution in [2.24, 2.45) is 11.5 Å². The Labute approximate surface area is 72.3 Å². The first-order valence-corrected chi connectivity index (χ1v) is 3.90. The van der Waals surface area contributed by atoms with Crippen LogP contribution in [0.1, 0.15) is 0 Å². The van der Waals surface area contributed by atoms with Crippen LogP contribution >= 0.6 is 22.6 Å². The quantitative estimate of drug-likeness (QED) is 0.375. The van der Waals surface area contributed by atoms with Crippen molar-refractivity contribution in [2.75, 3.05) is 6.54 Å². The van der Waals surface area contributed by atoms with Crippen LogP contribution in [0.4, 0.5) is 4.79 Å². The number of nitrogens with two attached hydrogens (primary N) is 2. The molecule has 0 aliphatic carbocycles. The Hall–Kier alpha value is -0.0800. The number of hydrogen-bond donors (Lipinski definition) is 4. The van der Waals surface area contributed by atoms with Crippen molar-refractivity contribution in [3.8, 4) is 0 Å². The fraction of sp³-hybridized carbons (Fsp3) is 0.750. The molecule has 2 unspecified atom stereocenters. The molecule has 0 aliphatic rings. The maximum absolute atomic E-state index is 10.2. The first-order valence-electron chi connectivity index (χ1n) is 2.66. The van der Waals surface area contributed by atoms with Gasteiger partial charge in [-0.1, -0.05) is 0 Å². The van der Waals surface area contributed by atoms with Crippen molar-refractivity contribution in [2.45, 2.75) is 10.2 Å². The second kappa shape index (κ2) is 4.69. The molecular formula is C4H10IN3O2. The number of hydrogen-bond acceptors (Lipinski definition) is 3. The lowest BCUT2D eigenvalue weighted by atomic mass is 10.3. The molecule has 0 heterocycles. The zero-order valence-electron chi connectivity index (χ0n) is 5.25. The van der Waals surface area contributed by atoms with Crippen LogP contribution in [-0.2, 0) is 0 Å². The van der Waals surface area contributed by atoms with E-state index < -0.39 is 16.2 Å². The highest BCUT2D eigenvalue weighted by Gasteiger charge is 2.14. The number of rotatable bonds is 3. The minimum absolute atomic E-state index is 0.174. The third-order valence-electron chi connectivity index (χ3n) is 0.914. The number of carbonyl (C=O) groups is 1. The van der Waals surface area contributed by atoms with Crippen LogP contribution in [0.3, 0.4) is 0 Å². The molecule has 0 saturated heterocycles. The number of aliphatic hydroxyl groups excluding tert-OH is 1. The van der Waals surface area contributed by atoms with Crippen molar-refractivity contribution in [3.05, 3.63) is 0 Å². The van der Waals surface area contributed by atoms with Crippen LogP contribution in [0.5, 0.6) is 0 Å². The highest BCUT2D eigenvalue weighted by molar-refractivity contribution is 14.1. The number of carbonyl (C=O) groups excluding carboxylic acids is 1. The molecule has 0 rings (SSSR count). The Balaban J connectivity index is 3.71. The molecule has 5 nitrogen and oxygen atoms in total. The standard InChI is InChI=1S/C4H10IN3O2/c5-3(9)2(1-6)8-4(7)10/h2-3,9H,1,6H2,(H3,7,8,10). The largest absolute Gasteiger partial charge is 0.381 e. The maximum Gasteiger partial charge on any atom is 0.312 e. The van der Waals surface area contributed by atoms with Crippen LogP contribution in [0.25, 0.3) is 0 Å². The van der Waals surface area contributed by atoms with Gasteiger partial charge in [-0.15, -0.1) is 0 Å². The summed E-state index contributed by atoms with van der Waals surface area (Å²) in [6.07, 6.45) is 0. The molecule has 2 amide bonds. The molecule has 2 atom stereocenters. The molecule has 6 heteroatoms. The third kappa shape index (κ3) is 3.85. The Morgan fingerprint density at radius 1 is 1.80 bits per heavy atom. The van der Waals surface area contributed by atoms with Gasteiger partial charge in [-0.05, 0) is 22.6 Å². The molecule has 0 spiro atoms. The number of aliphatic hydroxyl groups is 1. The van der Waals surface area contributed by atoms with Crippen LogP contribution in [0.15, 0.2) is 0 Å². The summed E-state index contributed by atoms with van der Waals surface area (Å²) in [5.41, 5.74) is 9.97. The Morgan fingerprint density at radius 2 is 2.30 bits per heavy atom. The molecule has 0 aromatic rings. The number of amides is 2. The number of primary amides is 1. The summed E-state index contributed by atoms with van der Waals surface area (Å²) in [5, 5.41) is 11.2. The molecule has 0 fully saturated rings. The average Bonchev–Trinajstić information content (AvgIpc) is 1.81. The van der Waals surface area contributed by atoms with Crippen molar-refractivity contribution in [1.29, 1.82) is 0 Å². The van der Waals surface area contributed by atoms with E-state index in [9.17, 15) is 4.79 Å². The van der Waals surface area contributed by atoms with Gasteiger partial charge in [0.05, 0.1) is 6.04 Å². The Bertz CT molecular complexity index is 119. The smallest absolute Gasteiger partial charge is 0.312 e. The van der Waals surface area contributed by atoms with Crippen LogP contribution in [0, 0.1) is 0 Å². The summed E-state index contributed by atoms with van der Waals surface area (Å²) >= 11 is 1.74. The second-order valence-electron chi connectivity index (χ2n) is 1.72. The van der Waals surface area contributed by atoms with Crippen LogP contribution < -0.4 is 16.8 Å². The predicted octanol–water partition coefficient (Wildman–Crippen LogP) is -1.26. The van der Waals surface area contributed by atoms with Gasteiger partial charge in [-0.2, -0.15) is 0 Å². The van der Waals surface area contributed by atoms with Gasteiger partial charge in [0.25, 0.3) is 0 Å². The van der Waals surface area contributed by atoms with E-state index in [1.54, 1.807) is 22.6 Å². The van der Waals surface area contributed by atoms with Crippen molar-refractivity contribution in [1.82, 2.24) is 5.32 Å². The van der Waals surface area contributed by atoms with Crippen LogP contribution in [0.2, 0.25) is 0 Å². The summed E-state index contributed by atoms with van der Waals surface area (Å²) < 4.78 is -0.699. The normalized spacial score (nSPS) is 15.9. The van der Waals surface area contributed by atoms with E-state index >= 15 is 0 Å². The summed E-state index contributed by atoms with van der Waals surface area (Å²) in [4.78, 5) is 10.2. The zero-order valence-corrected chi connectivity index (χ0v) is 7.41. The van der Waals surface area contributed by atoms with Gasteiger partial charge in [0.1, 0.15) is 4.11 Å². The zero-order chi connectivity index (χ0) is 8.15. The lowest BCUT2D eigenvalue weighted by molar-refractivity contribution is 0.214. The lowest BCUT2D eigenvalue weighted by Crippen LogP contribution is -2.47. The minimum Gasteiger partial charge on any atom is -0.381 e. The molecule has 0 aliphatic heterocycles. The molecule has 0 saturated carbocycles. The summed E-state index contributed by atoms with van der Waals surface area (Å²) in [6, 6.07) is -1.13. The van der Waals surface area contributed by atoms with Crippen LogP contribution in [-0.4, -0.2) is 27.8 Å². The number of nitrogens with one attached hydrogen (secondary N) is 1. The number of alkyl halides is 1. The van der Waals surface area contributed by atoms with Gasteiger partial charge in [0.15, 0.2) is 0 Å². The third-order valence-corrected chi connectivity index (χ3v) is 1.78. The van der Waals surface area contributed by atoms with Crippen molar-refractivity contribution >= 4 is 28.6 Å². The van der Waals surface area contributed by atoms with Crippen molar-refractivity contribution < 1.29 is 9.90 Å². The molecule has 0 bridgehead atoms. The fourth-order valence-corrected chi connectivity index (χ4v) is 0.896. The first-order chi connectivity index (χ1) is 4.57. The van der Waals surface area contributed by atoms with Gasteiger partial charge in [-0.25, -0.2) is 4.79 Å². The lowest BCUT2D eigenvalue weighted by Gasteiger charge is -2.16. The van der Waals surface area contributed by atoms with E-state index in [4.69, 9.17) is 16.6 Å². The predicted molar refractivity (Wildman–Crippen MR) is 45.6 cm³/mol. The Kier molecular flexibility index (Phi) is 4.65. The van der Waals surface area contributed by atoms with E-state index in [1.165, 1.54) is 0 Å². The average molecular weight is 259 g/mol. The molecule has 10 heavy (non-hydrogen) atoms.